The van der Waals surface area contributed by atoms with Gasteiger partial charge in [-0.15, -0.1) is 0 Å². The van der Waals surface area contributed by atoms with Gasteiger partial charge in [0.2, 0.25) is 5.78 Å². The Kier molecular flexibility index (Phi) is 6.38. The van der Waals surface area contributed by atoms with Gasteiger partial charge in [0.15, 0.2) is 6.61 Å². The summed E-state index contributed by atoms with van der Waals surface area (Å²) in [6.07, 6.45) is 2.00. The predicted octanol–water partition coefficient (Wildman–Crippen LogP) is 2.71. The van der Waals surface area contributed by atoms with Crippen molar-refractivity contribution < 1.29 is 19.1 Å². The molecule has 0 radical (unpaired) electrons. The lowest BCUT2D eigenvalue weighted by Gasteiger charge is -2.06. The van der Waals surface area contributed by atoms with Crippen molar-refractivity contribution in [3.63, 3.8) is 0 Å². The molecular formula is C22H19N3O4. The monoisotopic (exact) mass is 389 g/mol. The Morgan fingerprint density at radius 3 is 2.52 bits per heavy atom. The van der Waals surface area contributed by atoms with Gasteiger partial charge in [-0.25, -0.2) is 0 Å². The second-order valence-corrected chi connectivity index (χ2v) is 6.29. The van der Waals surface area contributed by atoms with Crippen LogP contribution < -0.4 is 5.32 Å². The summed E-state index contributed by atoms with van der Waals surface area (Å²) in [6, 6.07) is 17.9. The fourth-order valence-electron chi connectivity index (χ4n) is 2.94. The van der Waals surface area contributed by atoms with E-state index in [1.807, 2.05) is 28.8 Å². The molecule has 0 aliphatic rings. The molecule has 3 rings (SSSR count). The van der Waals surface area contributed by atoms with E-state index >= 15 is 0 Å². The maximum absolute atomic E-state index is 12.6. The highest BCUT2D eigenvalue weighted by Gasteiger charge is 2.17. The minimum Gasteiger partial charge on any atom is -0.456 e. The van der Waals surface area contributed by atoms with Gasteiger partial charge in [0.05, 0.1) is 12.5 Å². The van der Waals surface area contributed by atoms with Crippen molar-refractivity contribution in [3.8, 4) is 6.07 Å². The molecule has 1 heterocycles. The molecule has 146 valence electrons. The Balaban J connectivity index is 1.58. The van der Waals surface area contributed by atoms with Gasteiger partial charge in [-0.1, -0.05) is 36.4 Å². The van der Waals surface area contributed by atoms with E-state index in [-0.39, 0.29) is 12.3 Å². The quantitative estimate of drug-likeness (QED) is 0.471. The fraction of sp³-hybridized carbons (Fsp3) is 0.182. The van der Waals surface area contributed by atoms with Crippen LogP contribution in [0.25, 0.3) is 10.9 Å². The molecule has 7 nitrogen and oxygen atoms in total. The normalized spacial score (nSPS) is 10.3. The number of aryl methyl sites for hydroxylation is 1. The van der Waals surface area contributed by atoms with Crippen molar-refractivity contribution in [3.05, 3.63) is 71.9 Å². The van der Waals surface area contributed by atoms with E-state index in [1.54, 1.807) is 36.5 Å². The molecule has 3 aromatic rings. The molecule has 0 atom stereocenters. The minimum absolute atomic E-state index is 0.322. The van der Waals surface area contributed by atoms with E-state index in [1.165, 1.54) is 0 Å². The van der Waals surface area contributed by atoms with E-state index in [0.29, 0.717) is 24.1 Å². The Morgan fingerprint density at radius 1 is 1.03 bits per heavy atom. The van der Waals surface area contributed by atoms with Gasteiger partial charge in [0.25, 0.3) is 5.91 Å². The highest BCUT2D eigenvalue weighted by Crippen LogP contribution is 2.22. The molecule has 0 aliphatic carbocycles. The number of nitrogens with one attached hydrogen (secondary N) is 1. The van der Waals surface area contributed by atoms with Crippen molar-refractivity contribution >= 4 is 28.6 Å². The first-order valence-electron chi connectivity index (χ1n) is 9.07. The first-order chi connectivity index (χ1) is 14.1. The number of amides is 1. The molecule has 0 bridgehead atoms. The number of fused-ring (bicyclic) bond motifs is 1. The number of ketones is 1. The number of carbonyl (C=O) groups is 3. The third-order valence-electron chi connectivity index (χ3n) is 4.35. The first kappa shape index (κ1) is 19.8. The van der Waals surface area contributed by atoms with Crippen LogP contribution in [0, 0.1) is 11.3 Å². The van der Waals surface area contributed by atoms with E-state index in [9.17, 15) is 14.4 Å². The van der Waals surface area contributed by atoms with Crippen LogP contribution in [0.4, 0.5) is 0 Å². The van der Waals surface area contributed by atoms with E-state index < -0.39 is 18.5 Å². The van der Waals surface area contributed by atoms with Crippen molar-refractivity contribution in [2.75, 3.05) is 13.2 Å². The van der Waals surface area contributed by atoms with Gasteiger partial charge >= 0.3 is 5.97 Å². The summed E-state index contributed by atoms with van der Waals surface area (Å²) in [6.45, 7) is -0.285. The Hall–Kier alpha value is -3.92. The van der Waals surface area contributed by atoms with Crippen LogP contribution in [0.15, 0.2) is 60.8 Å². The molecule has 1 aromatic heterocycles. The van der Waals surface area contributed by atoms with Gasteiger partial charge in [-0.05, 0) is 18.2 Å². The van der Waals surface area contributed by atoms with Gasteiger partial charge in [0.1, 0.15) is 6.54 Å². The summed E-state index contributed by atoms with van der Waals surface area (Å²) in [5, 5.41) is 12.0. The average Bonchev–Trinajstić information content (AvgIpc) is 3.13. The summed E-state index contributed by atoms with van der Waals surface area (Å²) < 4.78 is 6.86. The molecule has 0 saturated carbocycles. The lowest BCUT2D eigenvalue weighted by atomic mass is 10.1. The molecule has 29 heavy (non-hydrogen) atoms. The maximum Gasteiger partial charge on any atom is 0.325 e. The number of hydrogen-bond acceptors (Lipinski definition) is 5. The highest BCUT2D eigenvalue weighted by molar-refractivity contribution is 6.09. The van der Waals surface area contributed by atoms with E-state index in [2.05, 4.69) is 11.4 Å². The number of benzene rings is 2. The van der Waals surface area contributed by atoms with Crippen molar-refractivity contribution in [1.29, 1.82) is 5.26 Å². The Bertz CT molecular complexity index is 1080. The largest absolute Gasteiger partial charge is 0.456 e. The zero-order valence-electron chi connectivity index (χ0n) is 15.6. The van der Waals surface area contributed by atoms with Gasteiger partial charge in [0, 0.05) is 34.8 Å². The number of nitriles is 1. The van der Waals surface area contributed by atoms with Crippen LogP contribution in [-0.4, -0.2) is 35.4 Å². The number of Topliss-reactive ketones (excluding diaryl/α,β-unsaturated/α-hetero) is 1. The maximum atomic E-state index is 12.6. The number of hydrogen-bond donors (Lipinski definition) is 1. The summed E-state index contributed by atoms with van der Waals surface area (Å²) in [5.41, 5.74) is 1.70. The molecule has 7 heteroatoms. The molecule has 2 aromatic carbocycles. The lowest BCUT2D eigenvalue weighted by molar-refractivity contribution is -0.141. The number of carbonyl (C=O) groups excluding carboxylic acids is 3. The smallest absolute Gasteiger partial charge is 0.325 e. The predicted molar refractivity (Wildman–Crippen MR) is 106 cm³/mol. The SMILES string of the molecule is N#CCCn1cc(C(=O)COC(=O)CNC(=O)c2ccccc2)c2ccccc21. The zero-order valence-corrected chi connectivity index (χ0v) is 15.6. The minimum atomic E-state index is -0.698. The third-order valence-corrected chi connectivity index (χ3v) is 4.35. The van der Waals surface area contributed by atoms with Crippen LogP contribution in [0.1, 0.15) is 27.1 Å². The number of rotatable bonds is 8. The van der Waals surface area contributed by atoms with Gasteiger partial charge in [-0.3, -0.25) is 14.4 Å². The molecule has 0 spiro atoms. The molecule has 0 unspecified atom stereocenters. The number of para-hydroxylation sites is 1. The van der Waals surface area contributed by atoms with Crippen LogP contribution in [-0.2, 0) is 16.1 Å². The summed E-state index contributed by atoms with van der Waals surface area (Å²) in [4.78, 5) is 36.4. The molecule has 0 saturated heterocycles. The van der Waals surface area contributed by atoms with Crippen molar-refractivity contribution in [2.45, 2.75) is 13.0 Å². The van der Waals surface area contributed by atoms with E-state index in [0.717, 1.165) is 10.9 Å². The fourth-order valence-corrected chi connectivity index (χ4v) is 2.94. The Morgan fingerprint density at radius 2 is 1.76 bits per heavy atom. The number of ether oxygens (including phenoxy) is 1. The third kappa shape index (κ3) is 4.87. The van der Waals surface area contributed by atoms with Gasteiger partial charge in [-0.2, -0.15) is 5.26 Å². The highest BCUT2D eigenvalue weighted by atomic mass is 16.5. The standard InChI is InChI=1S/C22H19N3O4/c23-11-6-12-25-14-18(17-9-4-5-10-19(17)25)20(26)15-29-21(27)13-24-22(28)16-7-2-1-3-8-16/h1-5,7-10,14H,6,12-13,15H2,(H,24,28). The molecule has 0 fully saturated rings. The summed E-state index contributed by atoms with van der Waals surface area (Å²) in [5.74, 6) is -1.44. The molecule has 0 aliphatic heterocycles. The second kappa shape index (κ2) is 9.33. The lowest BCUT2D eigenvalue weighted by Crippen LogP contribution is -2.31. The number of esters is 1. The second-order valence-electron chi connectivity index (χ2n) is 6.29. The zero-order chi connectivity index (χ0) is 20.6. The summed E-state index contributed by atoms with van der Waals surface area (Å²) >= 11 is 0. The van der Waals surface area contributed by atoms with Crippen LogP contribution in [0.2, 0.25) is 0 Å². The van der Waals surface area contributed by atoms with Crippen LogP contribution in [0.3, 0.4) is 0 Å². The average molecular weight is 389 g/mol. The number of aromatic nitrogens is 1. The Labute approximate surface area is 167 Å². The first-order valence-corrected chi connectivity index (χ1v) is 9.07. The van der Waals surface area contributed by atoms with Crippen molar-refractivity contribution in [2.24, 2.45) is 0 Å². The van der Waals surface area contributed by atoms with Crippen LogP contribution >= 0.6 is 0 Å². The van der Waals surface area contributed by atoms with Gasteiger partial charge < -0.3 is 14.6 Å². The van der Waals surface area contributed by atoms with Crippen molar-refractivity contribution in [1.82, 2.24) is 9.88 Å². The number of nitrogens with zero attached hydrogens (tertiary/aromatic N) is 2. The van der Waals surface area contributed by atoms with E-state index in [4.69, 9.17) is 10.00 Å². The topological polar surface area (TPSA) is 101 Å². The summed E-state index contributed by atoms with van der Waals surface area (Å²) in [7, 11) is 0. The molecule has 1 N–H and O–H groups in total. The molecular weight excluding hydrogens is 370 g/mol. The molecule has 1 amide bonds. The van der Waals surface area contributed by atoms with Crippen LogP contribution in [0.5, 0.6) is 0 Å².